The first kappa shape index (κ1) is 18.1. The van der Waals surface area contributed by atoms with E-state index in [-0.39, 0.29) is 17.5 Å². The highest BCUT2D eigenvalue weighted by atomic mass is 16.6. The van der Waals surface area contributed by atoms with Crippen LogP contribution < -0.4 is 4.90 Å². The minimum Gasteiger partial charge on any atom is -0.372 e. The van der Waals surface area contributed by atoms with Crippen LogP contribution in [0.4, 0.5) is 11.4 Å². The quantitative estimate of drug-likeness (QED) is 0.474. The standard InChI is InChI=1S/C20H22N2O4/c1-14-20(2,3)26-12-11-21(14)17-10-9-16(13-18(17)22(24)25)19(23)15-7-5-4-6-8-15/h4-10,13-14H,11-12H2,1-3H3/t14-/m0/s1. The zero-order valence-corrected chi connectivity index (χ0v) is 15.1. The molecular weight excluding hydrogens is 332 g/mol. The zero-order chi connectivity index (χ0) is 18.9. The van der Waals surface area contributed by atoms with Gasteiger partial charge in [-0.05, 0) is 32.9 Å². The number of rotatable bonds is 4. The fraction of sp³-hybridized carbons (Fsp3) is 0.350. The van der Waals surface area contributed by atoms with Crippen LogP contribution >= 0.6 is 0 Å². The summed E-state index contributed by atoms with van der Waals surface area (Å²) in [6.45, 7) is 7.01. The van der Waals surface area contributed by atoms with E-state index in [0.717, 1.165) is 0 Å². The van der Waals surface area contributed by atoms with Crippen LogP contribution in [0.1, 0.15) is 36.7 Å². The van der Waals surface area contributed by atoms with Crippen molar-refractivity contribution in [2.24, 2.45) is 0 Å². The van der Waals surface area contributed by atoms with Crippen LogP contribution in [-0.4, -0.2) is 35.5 Å². The molecule has 1 saturated heterocycles. The molecule has 1 fully saturated rings. The van der Waals surface area contributed by atoms with Crippen molar-refractivity contribution in [3.63, 3.8) is 0 Å². The number of nitrogens with zero attached hydrogens (tertiary/aromatic N) is 2. The fourth-order valence-electron chi connectivity index (χ4n) is 3.24. The van der Waals surface area contributed by atoms with Gasteiger partial charge < -0.3 is 9.64 Å². The highest BCUT2D eigenvalue weighted by molar-refractivity contribution is 6.09. The topological polar surface area (TPSA) is 72.7 Å². The molecule has 1 atom stereocenters. The lowest BCUT2D eigenvalue weighted by molar-refractivity contribution is -0.384. The molecule has 1 aliphatic rings. The normalized spacial score (nSPS) is 19.2. The molecule has 0 spiro atoms. The van der Waals surface area contributed by atoms with Gasteiger partial charge in [0.15, 0.2) is 5.78 Å². The molecule has 0 aliphatic carbocycles. The van der Waals surface area contributed by atoms with Gasteiger partial charge in [-0.25, -0.2) is 0 Å². The number of ether oxygens (including phenoxy) is 1. The fourth-order valence-corrected chi connectivity index (χ4v) is 3.24. The van der Waals surface area contributed by atoms with E-state index < -0.39 is 10.5 Å². The lowest BCUT2D eigenvalue weighted by Crippen LogP contribution is -2.55. The van der Waals surface area contributed by atoms with Crippen LogP contribution in [0.2, 0.25) is 0 Å². The maximum atomic E-state index is 12.6. The average molecular weight is 354 g/mol. The number of hydrogen-bond donors (Lipinski definition) is 0. The number of anilines is 1. The van der Waals surface area contributed by atoms with Gasteiger partial charge in [0.1, 0.15) is 5.69 Å². The number of nitro benzene ring substituents is 1. The van der Waals surface area contributed by atoms with Crippen molar-refractivity contribution in [1.29, 1.82) is 0 Å². The van der Waals surface area contributed by atoms with Crippen molar-refractivity contribution in [2.45, 2.75) is 32.4 Å². The third-order valence-electron chi connectivity index (χ3n) is 5.06. The summed E-state index contributed by atoms with van der Waals surface area (Å²) in [5.41, 5.74) is 0.868. The lowest BCUT2D eigenvalue weighted by atomic mass is 9.95. The van der Waals surface area contributed by atoms with Crippen LogP contribution in [-0.2, 0) is 4.74 Å². The molecule has 0 saturated carbocycles. The summed E-state index contributed by atoms with van der Waals surface area (Å²) in [4.78, 5) is 25.9. The summed E-state index contributed by atoms with van der Waals surface area (Å²) >= 11 is 0. The van der Waals surface area contributed by atoms with Crippen LogP contribution in [0.15, 0.2) is 48.5 Å². The molecule has 6 heteroatoms. The van der Waals surface area contributed by atoms with Gasteiger partial charge in [-0.2, -0.15) is 0 Å². The molecule has 0 unspecified atom stereocenters. The number of hydrogen-bond acceptors (Lipinski definition) is 5. The van der Waals surface area contributed by atoms with E-state index in [2.05, 4.69) is 0 Å². The molecule has 26 heavy (non-hydrogen) atoms. The molecule has 3 rings (SSSR count). The summed E-state index contributed by atoms with van der Waals surface area (Å²) in [5, 5.41) is 11.7. The van der Waals surface area contributed by atoms with Gasteiger partial charge in [0, 0.05) is 23.7 Å². The Balaban J connectivity index is 2.00. The monoisotopic (exact) mass is 354 g/mol. The number of carbonyl (C=O) groups excluding carboxylic acids is 1. The van der Waals surface area contributed by atoms with E-state index in [9.17, 15) is 14.9 Å². The Bertz CT molecular complexity index is 833. The van der Waals surface area contributed by atoms with Gasteiger partial charge >= 0.3 is 0 Å². The largest absolute Gasteiger partial charge is 0.372 e. The number of nitro groups is 1. The molecule has 0 aromatic heterocycles. The van der Waals surface area contributed by atoms with Gasteiger partial charge in [0.05, 0.1) is 23.2 Å². The maximum Gasteiger partial charge on any atom is 0.293 e. The molecule has 1 aliphatic heterocycles. The molecule has 2 aromatic rings. The van der Waals surface area contributed by atoms with E-state index in [0.29, 0.717) is 30.0 Å². The smallest absolute Gasteiger partial charge is 0.293 e. The minimum atomic E-state index is -0.424. The van der Waals surface area contributed by atoms with Gasteiger partial charge in [-0.1, -0.05) is 30.3 Å². The lowest BCUT2D eigenvalue weighted by Gasteiger charge is -2.45. The summed E-state index contributed by atoms with van der Waals surface area (Å²) < 4.78 is 5.78. The summed E-state index contributed by atoms with van der Waals surface area (Å²) in [5.74, 6) is -0.226. The molecule has 0 amide bonds. The maximum absolute atomic E-state index is 12.6. The Morgan fingerprint density at radius 2 is 1.88 bits per heavy atom. The number of benzene rings is 2. The Kier molecular flexibility index (Phi) is 4.78. The van der Waals surface area contributed by atoms with E-state index in [1.54, 1.807) is 36.4 Å². The Hall–Kier alpha value is -2.73. The van der Waals surface area contributed by atoms with Crippen molar-refractivity contribution in [3.8, 4) is 0 Å². The second kappa shape index (κ2) is 6.88. The Labute approximate surface area is 152 Å². The minimum absolute atomic E-state index is 0.0365. The summed E-state index contributed by atoms with van der Waals surface area (Å²) in [6, 6.07) is 13.4. The highest BCUT2D eigenvalue weighted by Gasteiger charge is 2.38. The first-order chi connectivity index (χ1) is 12.3. The van der Waals surface area contributed by atoms with Gasteiger partial charge in [-0.3, -0.25) is 14.9 Å². The summed E-state index contributed by atoms with van der Waals surface area (Å²) in [6.07, 6.45) is 0. The number of carbonyl (C=O) groups is 1. The van der Waals surface area contributed by atoms with Crippen LogP contribution in [0.3, 0.4) is 0 Å². The van der Waals surface area contributed by atoms with E-state index in [1.165, 1.54) is 6.07 Å². The third kappa shape index (κ3) is 3.32. The van der Waals surface area contributed by atoms with Crippen molar-refractivity contribution in [3.05, 3.63) is 69.8 Å². The van der Waals surface area contributed by atoms with Crippen molar-refractivity contribution in [2.75, 3.05) is 18.1 Å². The molecule has 136 valence electrons. The third-order valence-corrected chi connectivity index (χ3v) is 5.06. The number of morpholine rings is 1. The molecule has 0 radical (unpaired) electrons. The SMILES string of the molecule is C[C@@H]1N(c2ccc(C(=O)c3ccccc3)cc2[N+](=O)[O-])CCOC1(C)C. The van der Waals surface area contributed by atoms with E-state index in [1.807, 2.05) is 31.7 Å². The molecule has 0 N–H and O–H groups in total. The van der Waals surface area contributed by atoms with Crippen molar-refractivity contribution >= 4 is 17.2 Å². The van der Waals surface area contributed by atoms with Crippen molar-refractivity contribution in [1.82, 2.24) is 0 Å². The Morgan fingerprint density at radius 1 is 1.19 bits per heavy atom. The molecule has 6 nitrogen and oxygen atoms in total. The van der Waals surface area contributed by atoms with E-state index >= 15 is 0 Å². The van der Waals surface area contributed by atoms with Gasteiger partial charge in [-0.15, -0.1) is 0 Å². The second-order valence-electron chi connectivity index (χ2n) is 6.98. The predicted molar refractivity (Wildman–Crippen MR) is 99.8 cm³/mol. The van der Waals surface area contributed by atoms with Crippen LogP contribution in [0.5, 0.6) is 0 Å². The molecule has 0 bridgehead atoms. The van der Waals surface area contributed by atoms with Gasteiger partial charge in [0.25, 0.3) is 5.69 Å². The first-order valence-electron chi connectivity index (χ1n) is 8.60. The van der Waals surface area contributed by atoms with Crippen LogP contribution in [0.25, 0.3) is 0 Å². The molecule has 2 aromatic carbocycles. The van der Waals surface area contributed by atoms with Crippen LogP contribution in [0, 0.1) is 10.1 Å². The number of ketones is 1. The van der Waals surface area contributed by atoms with Crippen molar-refractivity contribution < 1.29 is 14.5 Å². The zero-order valence-electron chi connectivity index (χ0n) is 15.1. The highest BCUT2D eigenvalue weighted by Crippen LogP contribution is 2.36. The Morgan fingerprint density at radius 3 is 2.54 bits per heavy atom. The van der Waals surface area contributed by atoms with E-state index in [4.69, 9.17) is 4.74 Å². The molecular formula is C20H22N2O4. The average Bonchev–Trinajstić information content (AvgIpc) is 2.63. The van der Waals surface area contributed by atoms with Gasteiger partial charge in [0.2, 0.25) is 0 Å². The first-order valence-corrected chi connectivity index (χ1v) is 8.60. The summed E-state index contributed by atoms with van der Waals surface area (Å²) in [7, 11) is 0. The molecule has 1 heterocycles. The predicted octanol–water partition coefficient (Wildman–Crippen LogP) is 3.83. The second-order valence-corrected chi connectivity index (χ2v) is 6.98.